The lowest BCUT2D eigenvalue weighted by Gasteiger charge is -2.13. The molecule has 0 bridgehead atoms. The highest BCUT2D eigenvalue weighted by Gasteiger charge is 2.17. The summed E-state index contributed by atoms with van der Waals surface area (Å²) in [5, 5.41) is 0.0942. The first-order chi connectivity index (χ1) is 9.16. The van der Waals surface area contributed by atoms with Crippen molar-refractivity contribution in [3.05, 3.63) is 34.6 Å². The highest BCUT2D eigenvalue weighted by molar-refractivity contribution is 6.31. The zero-order valence-corrected chi connectivity index (χ0v) is 11.9. The van der Waals surface area contributed by atoms with Gasteiger partial charge in [-0.15, -0.1) is 0 Å². The van der Waals surface area contributed by atoms with Gasteiger partial charge in [-0.05, 0) is 17.5 Å². The Morgan fingerprint density at radius 3 is 2.58 bits per heavy atom. The maximum absolute atomic E-state index is 13.3. The van der Waals surface area contributed by atoms with Crippen LogP contribution in [0.3, 0.4) is 0 Å². The lowest BCUT2D eigenvalue weighted by Crippen LogP contribution is -2.11. The zero-order valence-electron chi connectivity index (χ0n) is 11.1. The molecule has 0 saturated heterocycles. The van der Waals surface area contributed by atoms with Crippen molar-refractivity contribution in [2.24, 2.45) is 5.92 Å². The highest BCUT2D eigenvalue weighted by atomic mass is 35.5. The van der Waals surface area contributed by atoms with E-state index < -0.39 is 5.82 Å². The van der Waals surface area contributed by atoms with Gasteiger partial charge < -0.3 is 0 Å². The molecule has 0 aliphatic heterocycles. The summed E-state index contributed by atoms with van der Waals surface area (Å²) in [6.07, 6.45) is 8.24. The topological polar surface area (TPSA) is 17.1 Å². The average molecular weight is 283 g/mol. The number of carbonyl (C=O) groups is 1. The molecule has 19 heavy (non-hydrogen) atoms. The molecule has 0 unspecified atom stereocenters. The summed E-state index contributed by atoms with van der Waals surface area (Å²) in [4.78, 5) is 12.1. The molecule has 0 atom stereocenters. The number of Topliss-reactive ketones (excluding diaryl/α,β-unsaturated/α-hetero) is 1. The van der Waals surface area contributed by atoms with Crippen LogP contribution in [0.1, 0.15) is 50.5 Å². The van der Waals surface area contributed by atoms with Crippen molar-refractivity contribution in [3.8, 4) is 0 Å². The van der Waals surface area contributed by atoms with Crippen molar-refractivity contribution in [1.82, 2.24) is 0 Å². The molecule has 1 aromatic rings. The molecule has 0 radical (unpaired) electrons. The van der Waals surface area contributed by atoms with Gasteiger partial charge in [-0.3, -0.25) is 4.79 Å². The Labute approximate surface area is 119 Å². The zero-order chi connectivity index (χ0) is 13.7. The van der Waals surface area contributed by atoms with Crippen LogP contribution in [0.15, 0.2) is 18.2 Å². The van der Waals surface area contributed by atoms with Gasteiger partial charge in [0, 0.05) is 12.8 Å². The largest absolute Gasteiger partial charge is 0.299 e. The van der Waals surface area contributed by atoms with Gasteiger partial charge in [0.05, 0.1) is 5.02 Å². The van der Waals surface area contributed by atoms with Crippen molar-refractivity contribution in [2.45, 2.75) is 51.4 Å². The molecule has 104 valence electrons. The Balaban J connectivity index is 1.91. The first kappa shape index (κ1) is 14.5. The number of rotatable bonds is 4. The van der Waals surface area contributed by atoms with E-state index in [1.807, 2.05) is 0 Å². The molecule has 1 aromatic carbocycles. The van der Waals surface area contributed by atoms with Gasteiger partial charge in [0.25, 0.3) is 0 Å². The van der Waals surface area contributed by atoms with E-state index in [9.17, 15) is 9.18 Å². The van der Waals surface area contributed by atoms with Crippen LogP contribution >= 0.6 is 11.6 Å². The molecule has 1 fully saturated rings. The van der Waals surface area contributed by atoms with Crippen LogP contribution in [0, 0.1) is 11.7 Å². The van der Waals surface area contributed by atoms with Gasteiger partial charge >= 0.3 is 0 Å². The molecule has 0 aromatic heterocycles. The van der Waals surface area contributed by atoms with Gasteiger partial charge in [0.2, 0.25) is 0 Å². The third-order valence-corrected chi connectivity index (χ3v) is 4.33. The normalized spacial score (nSPS) is 17.2. The summed E-state index contributed by atoms with van der Waals surface area (Å²) in [6, 6.07) is 4.66. The molecule has 0 amide bonds. The predicted octanol–water partition coefficient (Wildman–Crippen LogP) is 4.95. The van der Waals surface area contributed by atoms with Crippen LogP contribution in [0.5, 0.6) is 0 Å². The highest BCUT2D eigenvalue weighted by Crippen LogP contribution is 2.27. The van der Waals surface area contributed by atoms with Crippen LogP contribution < -0.4 is 0 Å². The lowest BCUT2D eigenvalue weighted by atomic mass is 9.92. The third kappa shape index (κ3) is 4.31. The summed E-state index contributed by atoms with van der Waals surface area (Å²) in [5.41, 5.74) is 0.611. The van der Waals surface area contributed by atoms with Crippen molar-refractivity contribution < 1.29 is 9.18 Å². The van der Waals surface area contributed by atoms with Gasteiger partial charge in [0.1, 0.15) is 11.6 Å². The molecule has 1 aliphatic carbocycles. The van der Waals surface area contributed by atoms with Crippen LogP contribution in [-0.2, 0) is 11.2 Å². The number of hydrogen-bond donors (Lipinski definition) is 0. The maximum atomic E-state index is 13.3. The van der Waals surface area contributed by atoms with E-state index in [1.54, 1.807) is 12.1 Å². The van der Waals surface area contributed by atoms with Crippen LogP contribution in [-0.4, -0.2) is 5.78 Å². The van der Waals surface area contributed by atoms with Gasteiger partial charge in [-0.2, -0.15) is 0 Å². The third-order valence-electron chi connectivity index (χ3n) is 3.91. The van der Waals surface area contributed by atoms with E-state index in [0.29, 0.717) is 17.9 Å². The standard InChI is InChI=1S/C16H20ClFO/c17-16-13(8-5-9-15(16)18)11-14(19)10-12-6-3-1-2-4-7-12/h5,8-9,12H,1-4,6-7,10-11H2. The van der Waals surface area contributed by atoms with Gasteiger partial charge in [0.15, 0.2) is 0 Å². The minimum absolute atomic E-state index is 0.0942. The summed E-state index contributed by atoms with van der Waals surface area (Å²) in [5.74, 6) is 0.253. The average Bonchev–Trinajstić information content (AvgIpc) is 2.63. The Bertz CT molecular complexity index is 436. The van der Waals surface area contributed by atoms with Crippen LogP contribution in [0.2, 0.25) is 5.02 Å². The van der Waals surface area contributed by atoms with Gasteiger partial charge in [-0.25, -0.2) is 4.39 Å². The molecular formula is C16H20ClFO. The molecule has 2 rings (SSSR count). The summed E-state index contributed by atoms with van der Waals surface area (Å²) in [7, 11) is 0. The van der Waals surface area contributed by atoms with Crippen LogP contribution in [0.25, 0.3) is 0 Å². The van der Waals surface area contributed by atoms with Gasteiger partial charge in [-0.1, -0.05) is 62.3 Å². The molecule has 1 saturated carbocycles. The van der Waals surface area contributed by atoms with E-state index in [4.69, 9.17) is 11.6 Å². The first-order valence-electron chi connectivity index (χ1n) is 7.11. The lowest BCUT2D eigenvalue weighted by molar-refractivity contribution is -0.119. The van der Waals surface area contributed by atoms with Crippen molar-refractivity contribution >= 4 is 17.4 Å². The molecule has 1 aliphatic rings. The number of halogens is 2. The number of benzene rings is 1. The fraction of sp³-hybridized carbons (Fsp3) is 0.562. The van der Waals surface area contributed by atoms with Crippen molar-refractivity contribution in [1.29, 1.82) is 0 Å². The molecule has 0 heterocycles. The van der Waals surface area contributed by atoms with E-state index in [0.717, 1.165) is 12.8 Å². The van der Waals surface area contributed by atoms with Crippen molar-refractivity contribution in [3.63, 3.8) is 0 Å². The maximum Gasteiger partial charge on any atom is 0.142 e. The van der Waals surface area contributed by atoms with Crippen LogP contribution in [0.4, 0.5) is 4.39 Å². The van der Waals surface area contributed by atoms with E-state index >= 15 is 0 Å². The van der Waals surface area contributed by atoms with E-state index in [1.165, 1.54) is 31.7 Å². The molecule has 0 N–H and O–H groups in total. The summed E-state index contributed by atoms with van der Waals surface area (Å²) >= 11 is 5.88. The Morgan fingerprint density at radius 1 is 1.21 bits per heavy atom. The quantitative estimate of drug-likeness (QED) is 0.714. The second kappa shape index (κ2) is 7.04. The van der Waals surface area contributed by atoms with E-state index in [-0.39, 0.29) is 17.2 Å². The number of carbonyl (C=O) groups excluding carboxylic acids is 1. The summed E-state index contributed by atoms with van der Waals surface area (Å²) in [6.45, 7) is 0. The minimum atomic E-state index is -0.443. The monoisotopic (exact) mass is 282 g/mol. The second-order valence-corrected chi connectivity index (χ2v) is 5.87. The van der Waals surface area contributed by atoms with E-state index in [2.05, 4.69) is 0 Å². The molecule has 1 nitrogen and oxygen atoms in total. The Morgan fingerprint density at radius 2 is 1.89 bits per heavy atom. The fourth-order valence-electron chi connectivity index (χ4n) is 2.86. The predicted molar refractivity (Wildman–Crippen MR) is 75.9 cm³/mol. The Hall–Kier alpha value is -0.890. The number of ketones is 1. The second-order valence-electron chi connectivity index (χ2n) is 5.49. The minimum Gasteiger partial charge on any atom is -0.299 e. The molecular weight excluding hydrogens is 263 g/mol. The number of hydrogen-bond acceptors (Lipinski definition) is 1. The molecule has 0 spiro atoms. The SMILES string of the molecule is O=C(Cc1cccc(F)c1Cl)CC1CCCCCC1. The molecule has 3 heteroatoms. The Kier molecular flexibility index (Phi) is 5.38. The smallest absolute Gasteiger partial charge is 0.142 e. The summed E-state index contributed by atoms with van der Waals surface area (Å²) < 4.78 is 13.3. The first-order valence-corrected chi connectivity index (χ1v) is 7.49. The van der Waals surface area contributed by atoms with Crippen molar-refractivity contribution in [2.75, 3.05) is 0 Å². The fourth-order valence-corrected chi connectivity index (χ4v) is 3.05.